The molecule has 0 aliphatic carbocycles. The minimum Gasteiger partial charge on any atom is -0.462 e. The van der Waals surface area contributed by atoms with Crippen LogP contribution in [0.2, 0.25) is 0 Å². The molecule has 0 bridgehead atoms. The Morgan fingerprint density at radius 1 is 1.25 bits per heavy atom. The maximum absolute atomic E-state index is 11.0. The summed E-state index contributed by atoms with van der Waals surface area (Å²) in [5, 5.41) is 0. The number of ether oxygens (including phenoxy) is 1. The second-order valence-electron chi connectivity index (χ2n) is 3.26. The number of hydrogen-bond acceptors (Lipinski definition) is 3. The van der Waals surface area contributed by atoms with E-state index in [9.17, 15) is 4.79 Å². The van der Waals surface area contributed by atoms with Gasteiger partial charge in [0.1, 0.15) is 6.04 Å². The fourth-order valence-electron chi connectivity index (χ4n) is 0.583. The molecular weight excluding hydrogens is 178 g/mol. The molecular formula is C8H18ClNO2. The lowest BCUT2D eigenvalue weighted by Crippen LogP contribution is -2.38. The zero-order valence-electron chi connectivity index (χ0n) is 8.03. The Labute approximate surface area is 80.1 Å². The Kier molecular flexibility index (Phi) is 7.44. The molecule has 3 nitrogen and oxygen atoms in total. The molecule has 0 spiro atoms. The molecule has 0 radical (unpaired) electrons. The predicted molar refractivity (Wildman–Crippen MR) is 51.3 cm³/mol. The zero-order valence-corrected chi connectivity index (χ0v) is 8.85. The van der Waals surface area contributed by atoms with Crippen molar-refractivity contribution in [2.75, 3.05) is 0 Å². The molecule has 0 saturated carbocycles. The van der Waals surface area contributed by atoms with E-state index in [1.165, 1.54) is 0 Å². The van der Waals surface area contributed by atoms with Crippen LogP contribution in [0.3, 0.4) is 0 Å². The minimum atomic E-state index is -0.489. The van der Waals surface area contributed by atoms with Crippen molar-refractivity contribution in [3.05, 3.63) is 0 Å². The molecule has 4 heteroatoms. The number of hydrogen-bond donors (Lipinski definition) is 1. The molecule has 0 amide bonds. The summed E-state index contributed by atoms with van der Waals surface area (Å²) < 4.78 is 4.91. The van der Waals surface area contributed by atoms with Gasteiger partial charge in [0.25, 0.3) is 0 Å². The van der Waals surface area contributed by atoms with Gasteiger partial charge in [-0.3, -0.25) is 4.79 Å². The van der Waals surface area contributed by atoms with Crippen LogP contribution < -0.4 is 5.73 Å². The second-order valence-corrected chi connectivity index (χ2v) is 3.26. The number of carbonyl (C=O) groups excluding carboxylic acids is 1. The quantitative estimate of drug-likeness (QED) is 0.692. The molecule has 12 heavy (non-hydrogen) atoms. The Morgan fingerprint density at radius 2 is 1.67 bits per heavy atom. The van der Waals surface area contributed by atoms with E-state index < -0.39 is 6.04 Å². The van der Waals surface area contributed by atoms with E-state index in [0.717, 1.165) is 0 Å². The van der Waals surface area contributed by atoms with Crippen LogP contribution in [0.4, 0.5) is 0 Å². The zero-order chi connectivity index (χ0) is 9.02. The third-order valence-corrected chi connectivity index (χ3v) is 1.34. The van der Waals surface area contributed by atoms with Crippen molar-refractivity contribution in [3.8, 4) is 0 Å². The van der Waals surface area contributed by atoms with Gasteiger partial charge in [-0.15, -0.1) is 12.4 Å². The normalized spacial score (nSPS) is 12.6. The first-order valence-corrected chi connectivity index (χ1v) is 3.91. The van der Waals surface area contributed by atoms with Crippen molar-refractivity contribution in [2.45, 2.75) is 39.8 Å². The number of carbonyl (C=O) groups is 1. The Bertz CT molecular complexity index is 137. The molecule has 0 heterocycles. The minimum absolute atomic E-state index is 0. The van der Waals surface area contributed by atoms with Crippen molar-refractivity contribution in [2.24, 2.45) is 11.7 Å². The topological polar surface area (TPSA) is 52.3 Å². The molecule has 0 fully saturated rings. The van der Waals surface area contributed by atoms with Crippen LogP contribution in [-0.2, 0) is 9.53 Å². The summed E-state index contributed by atoms with van der Waals surface area (Å²) in [6.07, 6.45) is -0.0766. The molecule has 1 unspecified atom stereocenters. The average molecular weight is 196 g/mol. The summed E-state index contributed by atoms with van der Waals surface area (Å²) in [7, 11) is 0. The molecule has 1 atom stereocenters. The average Bonchev–Trinajstić information content (AvgIpc) is 1.84. The van der Waals surface area contributed by atoms with Gasteiger partial charge in [-0.25, -0.2) is 0 Å². The first kappa shape index (κ1) is 14.3. The summed E-state index contributed by atoms with van der Waals surface area (Å²) in [6, 6.07) is -0.489. The smallest absolute Gasteiger partial charge is 0.323 e. The molecule has 0 saturated heterocycles. The molecule has 0 aromatic rings. The van der Waals surface area contributed by atoms with Crippen molar-refractivity contribution in [1.29, 1.82) is 0 Å². The van der Waals surface area contributed by atoms with Gasteiger partial charge in [-0.2, -0.15) is 0 Å². The van der Waals surface area contributed by atoms with Gasteiger partial charge >= 0.3 is 5.97 Å². The van der Waals surface area contributed by atoms with Crippen molar-refractivity contribution < 1.29 is 9.53 Å². The highest BCUT2D eigenvalue weighted by Gasteiger charge is 2.19. The van der Waals surface area contributed by atoms with Crippen LogP contribution in [0.5, 0.6) is 0 Å². The lowest BCUT2D eigenvalue weighted by molar-refractivity contribution is -0.150. The van der Waals surface area contributed by atoms with E-state index >= 15 is 0 Å². The highest BCUT2D eigenvalue weighted by atomic mass is 35.5. The SMILES string of the molecule is CC(C)OC(=O)C(N)C(C)C.Cl. The molecule has 0 rings (SSSR count). The molecule has 74 valence electrons. The first-order chi connectivity index (χ1) is 4.95. The molecule has 2 N–H and O–H groups in total. The van der Waals surface area contributed by atoms with Crippen LogP contribution in [0.15, 0.2) is 0 Å². The van der Waals surface area contributed by atoms with Crippen molar-refractivity contribution in [1.82, 2.24) is 0 Å². The van der Waals surface area contributed by atoms with Crippen molar-refractivity contribution >= 4 is 18.4 Å². The highest BCUT2D eigenvalue weighted by Crippen LogP contribution is 2.02. The van der Waals surface area contributed by atoms with E-state index in [1.807, 2.05) is 27.7 Å². The lowest BCUT2D eigenvalue weighted by atomic mass is 10.1. The Hall–Kier alpha value is -0.280. The van der Waals surface area contributed by atoms with E-state index in [2.05, 4.69) is 0 Å². The van der Waals surface area contributed by atoms with Crippen LogP contribution in [-0.4, -0.2) is 18.1 Å². The van der Waals surface area contributed by atoms with Gasteiger partial charge in [0, 0.05) is 0 Å². The van der Waals surface area contributed by atoms with E-state index in [0.29, 0.717) is 0 Å². The lowest BCUT2D eigenvalue weighted by Gasteiger charge is -2.16. The van der Waals surface area contributed by atoms with Crippen LogP contribution in [0, 0.1) is 5.92 Å². The van der Waals surface area contributed by atoms with Gasteiger partial charge in [-0.05, 0) is 19.8 Å². The maximum Gasteiger partial charge on any atom is 0.323 e. The molecule has 0 aromatic carbocycles. The van der Waals surface area contributed by atoms with Crippen LogP contribution in [0.1, 0.15) is 27.7 Å². The maximum atomic E-state index is 11.0. The Morgan fingerprint density at radius 3 is 1.92 bits per heavy atom. The van der Waals surface area contributed by atoms with Gasteiger partial charge in [0.2, 0.25) is 0 Å². The summed E-state index contributed by atoms with van der Waals surface area (Å²) in [5.41, 5.74) is 5.53. The predicted octanol–water partition coefficient (Wildman–Crippen LogP) is 1.34. The van der Waals surface area contributed by atoms with Gasteiger partial charge < -0.3 is 10.5 Å². The fraction of sp³-hybridized carbons (Fsp3) is 0.875. The monoisotopic (exact) mass is 195 g/mol. The van der Waals surface area contributed by atoms with Gasteiger partial charge in [0.05, 0.1) is 6.10 Å². The number of halogens is 1. The summed E-state index contributed by atoms with van der Waals surface area (Å²) in [4.78, 5) is 11.0. The van der Waals surface area contributed by atoms with Gasteiger partial charge in [-0.1, -0.05) is 13.8 Å². The molecule has 0 aliphatic rings. The van der Waals surface area contributed by atoms with Crippen LogP contribution in [0.25, 0.3) is 0 Å². The molecule has 0 aromatic heterocycles. The third-order valence-electron chi connectivity index (χ3n) is 1.34. The van der Waals surface area contributed by atoms with E-state index in [1.54, 1.807) is 0 Å². The summed E-state index contributed by atoms with van der Waals surface area (Å²) >= 11 is 0. The third kappa shape index (κ3) is 5.38. The largest absolute Gasteiger partial charge is 0.462 e. The Balaban J connectivity index is 0. The number of nitrogens with two attached hydrogens (primary N) is 1. The summed E-state index contributed by atoms with van der Waals surface area (Å²) in [6.45, 7) is 7.41. The van der Waals surface area contributed by atoms with Gasteiger partial charge in [0.15, 0.2) is 0 Å². The van der Waals surface area contributed by atoms with E-state index in [4.69, 9.17) is 10.5 Å². The number of rotatable bonds is 3. The standard InChI is InChI=1S/C8H17NO2.ClH/c1-5(2)7(9)8(10)11-6(3)4;/h5-7H,9H2,1-4H3;1H. The fourth-order valence-corrected chi connectivity index (χ4v) is 0.583. The second kappa shape index (κ2) is 6.26. The van der Waals surface area contributed by atoms with Crippen molar-refractivity contribution in [3.63, 3.8) is 0 Å². The van der Waals surface area contributed by atoms with Crippen LogP contribution >= 0.6 is 12.4 Å². The number of esters is 1. The first-order valence-electron chi connectivity index (χ1n) is 3.91. The molecule has 0 aliphatic heterocycles. The van der Waals surface area contributed by atoms with E-state index in [-0.39, 0.29) is 30.4 Å². The highest BCUT2D eigenvalue weighted by molar-refractivity contribution is 5.85. The summed E-state index contributed by atoms with van der Waals surface area (Å²) in [5.74, 6) is -0.170.